The van der Waals surface area contributed by atoms with E-state index in [0.29, 0.717) is 44.9 Å². The number of pyridine rings is 1. The third kappa shape index (κ3) is 5.03. The number of carbonyl (C=O) groups is 1. The monoisotopic (exact) mass is 514 g/mol. The van der Waals surface area contributed by atoms with Crippen molar-refractivity contribution in [1.29, 1.82) is 0 Å². The van der Waals surface area contributed by atoms with E-state index in [9.17, 15) is 18.7 Å². The van der Waals surface area contributed by atoms with Crippen molar-refractivity contribution in [3.05, 3.63) is 81.8 Å². The summed E-state index contributed by atoms with van der Waals surface area (Å²) in [5, 5.41) is 17.1. The summed E-state index contributed by atoms with van der Waals surface area (Å²) in [7, 11) is 0. The fourth-order valence-corrected chi connectivity index (χ4v) is 4.24. The fraction of sp³-hybridized carbons (Fsp3) is 0.269. The minimum absolute atomic E-state index is 0.0389. The number of para-hydroxylation sites is 1. The standard InChI is InChI=1S/C26H25ClF2N4O3/c1-13-8-23(33-15(3)22(29)11-30-33)18-6-5-7-24(25(18)31-13)36-12-20-19(9-17(28)10-21(20)27)14(2)32-26(35)16(4)34/h5-11,14,16,34H,12H2,1-4H3,(H,32,35). The molecule has 1 amide bonds. The first-order valence-electron chi connectivity index (χ1n) is 11.3. The van der Waals surface area contributed by atoms with Crippen molar-refractivity contribution < 1.29 is 23.4 Å². The molecule has 0 bridgehead atoms. The molecule has 0 aliphatic heterocycles. The molecule has 10 heteroatoms. The van der Waals surface area contributed by atoms with E-state index >= 15 is 0 Å². The maximum atomic E-state index is 14.2. The number of halogens is 3. The smallest absolute Gasteiger partial charge is 0.249 e. The third-order valence-electron chi connectivity index (χ3n) is 5.86. The first-order valence-corrected chi connectivity index (χ1v) is 11.6. The van der Waals surface area contributed by atoms with Gasteiger partial charge < -0.3 is 15.2 Å². The SMILES string of the molecule is Cc1cc(-n2ncc(F)c2C)c2cccc(OCc3c(Cl)cc(F)cc3C(C)NC(=O)C(C)O)c2n1. The van der Waals surface area contributed by atoms with Gasteiger partial charge >= 0.3 is 0 Å². The molecule has 0 saturated heterocycles. The molecule has 2 aromatic carbocycles. The van der Waals surface area contributed by atoms with Crippen molar-refractivity contribution >= 4 is 28.4 Å². The highest BCUT2D eigenvalue weighted by Gasteiger charge is 2.21. The lowest BCUT2D eigenvalue weighted by molar-refractivity contribution is -0.129. The minimum atomic E-state index is -1.22. The molecule has 2 aromatic heterocycles. The number of aliphatic hydroxyl groups excluding tert-OH is 1. The highest BCUT2D eigenvalue weighted by molar-refractivity contribution is 6.31. The number of aromatic nitrogens is 3. The molecule has 4 aromatic rings. The number of carbonyl (C=O) groups excluding carboxylic acids is 1. The molecule has 188 valence electrons. The number of nitrogens with one attached hydrogen (secondary N) is 1. The topological polar surface area (TPSA) is 89.3 Å². The minimum Gasteiger partial charge on any atom is -0.487 e. The van der Waals surface area contributed by atoms with E-state index < -0.39 is 29.7 Å². The first kappa shape index (κ1) is 25.5. The molecular weight excluding hydrogens is 490 g/mol. The Hall–Kier alpha value is -3.56. The van der Waals surface area contributed by atoms with E-state index in [1.165, 1.54) is 23.7 Å². The molecule has 0 aliphatic rings. The summed E-state index contributed by atoms with van der Waals surface area (Å²) in [5.74, 6) is -1.14. The average molecular weight is 515 g/mol. The molecule has 2 atom stereocenters. The molecule has 0 radical (unpaired) electrons. The van der Waals surface area contributed by atoms with Gasteiger partial charge in [0.25, 0.3) is 0 Å². The molecule has 36 heavy (non-hydrogen) atoms. The molecule has 0 aliphatic carbocycles. The zero-order valence-corrected chi connectivity index (χ0v) is 20.9. The van der Waals surface area contributed by atoms with Gasteiger partial charge in [-0.05, 0) is 57.5 Å². The van der Waals surface area contributed by atoms with E-state index in [1.807, 2.05) is 19.1 Å². The Kier molecular flexibility index (Phi) is 7.23. The molecule has 0 saturated carbocycles. The zero-order valence-electron chi connectivity index (χ0n) is 20.1. The Labute approximate surface area is 211 Å². The van der Waals surface area contributed by atoms with Crippen LogP contribution in [0.5, 0.6) is 5.75 Å². The lowest BCUT2D eigenvalue weighted by Crippen LogP contribution is -2.34. The van der Waals surface area contributed by atoms with E-state index in [4.69, 9.17) is 16.3 Å². The molecule has 0 fully saturated rings. The van der Waals surface area contributed by atoms with Crippen molar-refractivity contribution in [3.8, 4) is 11.4 Å². The van der Waals surface area contributed by atoms with Crippen molar-refractivity contribution in [3.63, 3.8) is 0 Å². The number of nitrogens with zero attached hydrogens (tertiary/aromatic N) is 3. The average Bonchev–Trinajstić information content (AvgIpc) is 3.15. The maximum Gasteiger partial charge on any atom is 0.249 e. The van der Waals surface area contributed by atoms with Gasteiger partial charge in [-0.15, -0.1) is 0 Å². The Morgan fingerprint density at radius 2 is 1.97 bits per heavy atom. The van der Waals surface area contributed by atoms with Crippen molar-refractivity contribution in [2.75, 3.05) is 0 Å². The number of hydrogen-bond acceptors (Lipinski definition) is 5. The second-order valence-electron chi connectivity index (χ2n) is 8.58. The van der Waals surface area contributed by atoms with Gasteiger partial charge in [-0.25, -0.2) is 18.4 Å². The number of hydrogen-bond donors (Lipinski definition) is 2. The molecule has 2 N–H and O–H groups in total. The summed E-state index contributed by atoms with van der Waals surface area (Å²) in [6.07, 6.45) is -0.0606. The van der Waals surface area contributed by atoms with Gasteiger partial charge in [-0.3, -0.25) is 4.79 Å². The molecular formula is C26H25ClF2N4O3. The van der Waals surface area contributed by atoms with Crippen LogP contribution in [-0.2, 0) is 11.4 Å². The van der Waals surface area contributed by atoms with Crippen LogP contribution in [0.25, 0.3) is 16.6 Å². The molecule has 4 rings (SSSR count). The number of rotatable bonds is 7. The largest absolute Gasteiger partial charge is 0.487 e. The van der Waals surface area contributed by atoms with Gasteiger partial charge in [-0.1, -0.05) is 23.7 Å². The summed E-state index contributed by atoms with van der Waals surface area (Å²) < 4.78 is 35.8. The van der Waals surface area contributed by atoms with Crippen LogP contribution in [0, 0.1) is 25.5 Å². The first-order chi connectivity index (χ1) is 17.1. The maximum absolute atomic E-state index is 14.2. The Morgan fingerprint density at radius 3 is 2.64 bits per heavy atom. The number of amides is 1. The summed E-state index contributed by atoms with van der Waals surface area (Å²) in [6, 6.07) is 8.98. The Morgan fingerprint density at radius 1 is 1.22 bits per heavy atom. The van der Waals surface area contributed by atoms with E-state index in [-0.39, 0.29) is 11.6 Å². The highest BCUT2D eigenvalue weighted by Crippen LogP contribution is 2.33. The van der Waals surface area contributed by atoms with Crippen LogP contribution in [0.1, 0.15) is 42.4 Å². The van der Waals surface area contributed by atoms with Crippen LogP contribution < -0.4 is 10.1 Å². The number of ether oxygens (including phenoxy) is 1. The van der Waals surface area contributed by atoms with E-state index in [2.05, 4.69) is 15.4 Å². The predicted molar refractivity (Wildman–Crippen MR) is 132 cm³/mol. The lowest BCUT2D eigenvalue weighted by Gasteiger charge is -2.21. The van der Waals surface area contributed by atoms with E-state index in [1.54, 1.807) is 26.0 Å². The van der Waals surface area contributed by atoms with Crippen LogP contribution in [0.15, 0.2) is 42.6 Å². The predicted octanol–water partition coefficient (Wildman–Crippen LogP) is 5.11. The quantitative estimate of drug-likeness (QED) is 0.358. The second kappa shape index (κ2) is 10.2. The molecule has 2 unspecified atom stereocenters. The van der Waals surface area contributed by atoms with Crippen LogP contribution in [0.2, 0.25) is 5.02 Å². The van der Waals surface area contributed by atoms with Crippen LogP contribution in [0.4, 0.5) is 8.78 Å². The third-order valence-corrected chi connectivity index (χ3v) is 6.20. The zero-order chi connectivity index (χ0) is 26.1. The van der Waals surface area contributed by atoms with Gasteiger partial charge in [0.2, 0.25) is 5.91 Å². The van der Waals surface area contributed by atoms with E-state index in [0.717, 1.165) is 6.20 Å². The number of fused-ring (bicyclic) bond motifs is 1. The highest BCUT2D eigenvalue weighted by atomic mass is 35.5. The van der Waals surface area contributed by atoms with Crippen LogP contribution in [0.3, 0.4) is 0 Å². The van der Waals surface area contributed by atoms with Crippen LogP contribution >= 0.6 is 11.6 Å². The van der Waals surface area contributed by atoms with Gasteiger partial charge in [-0.2, -0.15) is 5.10 Å². The normalized spacial score (nSPS) is 13.0. The van der Waals surface area contributed by atoms with Crippen molar-refractivity contribution in [2.24, 2.45) is 0 Å². The van der Waals surface area contributed by atoms with Gasteiger partial charge in [0, 0.05) is 16.6 Å². The molecule has 7 nitrogen and oxygen atoms in total. The number of aliphatic hydroxyl groups is 1. The lowest BCUT2D eigenvalue weighted by atomic mass is 10.0. The summed E-state index contributed by atoms with van der Waals surface area (Å²) in [6.45, 7) is 6.42. The summed E-state index contributed by atoms with van der Waals surface area (Å²) >= 11 is 6.37. The summed E-state index contributed by atoms with van der Waals surface area (Å²) in [4.78, 5) is 16.6. The number of benzene rings is 2. The second-order valence-corrected chi connectivity index (χ2v) is 8.98. The van der Waals surface area contributed by atoms with Crippen molar-refractivity contribution in [1.82, 2.24) is 20.1 Å². The van der Waals surface area contributed by atoms with Gasteiger partial charge in [0.1, 0.15) is 29.8 Å². The number of aryl methyl sites for hydroxylation is 1. The Bertz CT molecular complexity index is 1460. The Balaban J connectivity index is 1.72. The molecule has 2 heterocycles. The summed E-state index contributed by atoms with van der Waals surface area (Å²) in [5.41, 5.74) is 3.13. The van der Waals surface area contributed by atoms with Gasteiger partial charge in [0.15, 0.2) is 5.82 Å². The van der Waals surface area contributed by atoms with Crippen molar-refractivity contribution in [2.45, 2.75) is 46.4 Å². The van der Waals surface area contributed by atoms with Crippen LogP contribution in [-0.4, -0.2) is 31.9 Å². The van der Waals surface area contributed by atoms with Gasteiger partial charge in [0.05, 0.1) is 28.6 Å². The molecule has 0 spiro atoms. The fourth-order valence-electron chi connectivity index (χ4n) is 3.98.